The van der Waals surface area contributed by atoms with Crippen LogP contribution in [0, 0.1) is 22.9 Å². The van der Waals surface area contributed by atoms with Gasteiger partial charge in [-0.1, -0.05) is 50.5 Å². The summed E-state index contributed by atoms with van der Waals surface area (Å²) in [6, 6.07) is 17.6. The second-order valence-corrected chi connectivity index (χ2v) is 16.0. The molecule has 0 unspecified atom stereocenters. The third kappa shape index (κ3) is 15.1. The van der Waals surface area contributed by atoms with Crippen LogP contribution in [0.4, 0.5) is 35.1 Å². The molecular formula is C40H27AlB2BrF8N8O6S3. The second kappa shape index (κ2) is 25.1. The third-order valence-corrected chi connectivity index (χ3v) is 11.6. The number of aromatic nitrogens is 6. The van der Waals surface area contributed by atoms with Crippen molar-refractivity contribution in [1.82, 2.24) is 30.2 Å². The fourth-order valence-electron chi connectivity index (χ4n) is 5.56. The number of hydrogen-bond donors (Lipinski definition) is 4. The summed E-state index contributed by atoms with van der Waals surface area (Å²) in [6.45, 7) is 1.94. The number of benzene rings is 4. The molecule has 0 saturated carbocycles. The first-order chi connectivity index (χ1) is 32.4. The van der Waals surface area contributed by atoms with Crippen molar-refractivity contribution < 1.29 is 53.6 Å². The first-order valence-electron chi connectivity index (χ1n) is 18.5. The molecule has 69 heavy (non-hydrogen) atoms. The number of nitrogens with zero attached hydrogens (tertiary/aromatic N) is 5. The molecule has 0 aliphatic heterocycles. The zero-order chi connectivity index (χ0) is 49.8. The molecule has 8 rings (SSSR count). The Balaban J connectivity index is 0.000000272. The Morgan fingerprint density at radius 3 is 1.48 bits per heavy atom. The third-order valence-electron chi connectivity index (χ3n) is 8.73. The van der Waals surface area contributed by atoms with Gasteiger partial charge in [0.1, 0.15) is 46.4 Å². The van der Waals surface area contributed by atoms with Crippen molar-refractivity contribution in [1.29, 1.82) is 4.35 Å². The van der Waals surface area contributed by atoms with E-state index in [1.807, 2.05) is 0 Å². The van der Waals surface area contributed by atoms with Gasteiger partial charge in [-0.2, -0.15) is 26.3 Å². The summed E-state index contributed by atoms with van der Waals surface area (Å²) in [5, 5.41) is 8.40. The molecule has 4 aromatic carbocycles. The van der Waals surface area contributed by atoms with Gasteiger partial charge >= 0.3 is 69.1 Å². The standard InChI is InChI=1S/C20H12BrF4N3O3S.C20H13F4N3O3S.Al.BHNS.B.HN/c21-8-15-16(32-18(26-15)10-1-3-11(4-2-10)20(23,24)25)9-30-12-5-6-13(14(22)7-12)17-27-19(29)31-28-17;1-10-16(31-18(25-10)11-2-4-12(5-3-11)20(22,23)24)9-29-13-6-7-14(15(21)8-13)17-26-19(28)30-27-17;;1-2-3;;/h1-7H,8-9H2,(H,27,28,29);2-8H,9H2,1H3,(H,26,27,28);;3H;;1H. The van der Waals surface area contributed by atoms with Crippen molar-refractivity contribution in [2.45, 2.75) is 37.8 Å². The first-order valence-corrected chi connectivity index (χ1v) is 22.3. The maximum absolute atomic E-state index is 14.4. The van der Waals surface area contributed by atoms with E-state index in [1.165, 1.54) is 71.2 Å². The zero-order valence-electron chi connectivity index (χ0n) is 34.8. The molecule has 4 heterocycles. The summed E-state index contributed by atoms with van der Waals surface area (Å²) in [5.74, 6) is -2.50. The van der Waals surface area contributed by atoms with E-state index in [4.69, 9.17) is 13.8 Å². The number of nitrogens with one attached hydrogen (secondary N) is 3. The zero-order valence-corrected chi connectivity index (χ0v) is 40.1. The second-order valence-electron chi connectivity index (χ2n) is 13.1. The average Bonchev–Trinajstić information content (AvgIpc) is 4.13. The normalized spacial score (nSPS) is 10.9. The van der Waals surface area contributed by atoms with Gasteiger partial charge in [-0.15, -0.1) is 22.7 Å². The number of hydrogen-bond acceptors (Lipinski definition) is 15. The van der Waals surface area contributed by atoms with Crippen LogP contribution in [0.3, 0.4) is 0 Å². The molecule has 5 radical (unpaired) electrons. The predicted molar refractivity (Wildman–Crippen MR) is 248 cm³/mol. The van der Waals surface area contributed by atoms with Gasteiger partial charge in [-0.05, 0) is 55.5 Å². The number of rotatable bonds is 11. The van der Waals surface area contributed by atoms with E-state index in [1.54, 1.807) is 23.0 Å². The van der Waals surface area contributed by atoms with E-state index < -0.39 is 46.6 Å². The van der Waals surface area contributed by atoms with Crippen molar-refractivity contribution >= 4 is 83.6 Å². The Bertz CT molecular complexity index is 3080. The fourth-order valence-corrected chi connectivity index (χ4v) is 8.19. The molecule has 8 aromatic rings. The molecule has 0 bridgehead atoms. The number of ether oxygens (including phenoxy) is 2. The summed E-state index contributed by atoms with van der Waals surface area (Å²) >= 11 is 10.8. The van der Waals surface area contributed by atoms with Crippen molar-refractivity contribution in [3.63, 3.8) is 0 Å². The number of H-pyrrole nitrogens is 2. The minimum atomic E-state index is -4.41. The molecule has 4 aromatic heterocycles. The summed E-state index contributed by atoms with van der Waals surface area (Å²) < 4.78 is 134. The van der Waals surface area contributed by atoms with Gasteiger partial charge in [0.15, 0.2) is 11.6 Å². The summed E-state index contributed by atoms with van der Waals surface area (Å²) in [5.41, 5.74) is 1.08. The van der Waals surface area contributed by atoms with Crippen LogP contribution in [-0.4, -0.2) is 62.4 Å². The Morgan fingerprint density at radius 2 is 1.12 bits per heavy atom. The van der Waals surface area contributed by atoms with Crippen LogP contribution >= 0.6 is 51.4 Å². The maximum atomic E-state index is 14.4. The number of alkyl halides is 7. The van der Waals surface area contributed by atoms with Gasteiger partial charge in [-0.25, -0.2) is 28.3 Å². The van der Waals surface area contributed by atoms with Gasteiger partial charge < -0.3 is 9.47 Å². The number of thiazole rings is 2. The van der Waals surface area contributed by atoms with Crippen LogP contribution in [0.15, 0.2) is 108 Å². The molecule has 0 aliphatic rings. The fraction of sp³-hybridized carbons (Fsp3) is 0.150. The molecule has 0 saturated heterocycles. The summed E-state index contributed by atoms with van der Waals surface area (Å²) in [6.07, 6.45) is -8.81. The SMILES string of the molecule is Cc1nc(-c2ccc(C(F)(F)F)cc2)sc1COc1ccc(-c2noc(=O)[nH]2)c(F)c1.O=c1[nH]c(-c2ccc(OCc3sc(-c4ccc(C(F)(F)F)cc4)nc3CBr)cc2F)no1.[B].[B]=NS.[NH]=[Al]. The van der Waals surface area contributed by atoms with E-state index in [9.17, 15) is 44.7 Å². The van der Waals surface area contributed by atoms with Crippen molar-refractivity contribution in [3.8, 4) is 55.4 Å². The molecular weight excluding hydrogens is 1070 g/mol. The number of aryl methyl sites for hydroxylation is 1. The van der Waals surface area contributed by atoms with Crippen molar-refractivity contribution in [2.24, 2.45) is 4.30 Å². The van der Waals surface area contributed by atoms with Gasteiger partial charge in [0.05, 0.1) is 43.4 Å². The van der Waals surface area contributed by atoms with Crippen molar-refractivity contribution in [3.05, 3.63) is 150 Å². The van der Waals surface area contributed by atoms with E-state index in [-0.39, 0.29) is 55.9 Å². The first kappa shape index (κ1) is 55.7. The van der Waals surface area contributed by atoms with Crippen LogP contribution in [0.1, 0.15) is 32.3 Å². The van der Waals surface area contributed by atoms with Crippen LogP contribution in [0.25, 0.3) is 43.9 Å². The number of thiol groups is 1. The molecule has 0 amide bonds. The quantitative estimate of drug-likeness (QED) is 0.0418. The van der Waals surface area contributed by atoms with Gasteiger partial charge in [0.25, 0.3) is 0 Å². The molecule has 0 spiro atoms. The molecule has 0 aliphatic carbocycles. The van der Waals surface area contributed by atoms with E-state index >= 15 is 0 Å². The monoisotopic (exact) mass is 1090 g/mol. The van der Waals surface area contributed by atoms with E-state index in [2.05, 4.69) is 80.0 Å². The van der Waals surface area contributed by atoms with Crippen LogP contribution in [-0.2, 0) is 30.9 Å². The summed E-state index contributed by atoms with van der Waals surface area (Å²) in [7, 11) is 4.34. The van der Waals surface area contributed by atoms with Crippen molar-refractivity contribution in [2.75, 3.05) is 0 Å². The Hall–Kier alpha value is -5.85. The minimum absolute atomic E-state index is 0. The van der Waals surface area contributed by atoms with E-state index in [0.29, 0.717) is 37.9 Å². The van der Waals surface area contributed by atoms with E-state index in [0.717, 1.165) is 46.2 Å². The molecule has 3 N–H and O–H groups in total. The number of aromatic amines is 2. The van der Waals surface area contributed by atoms with Gasteiger partial charge in [-0.3, -0.25) is 19.0 Å². The molecule has 0 atom stereocenters. The molecule has 14 nitrogen and oxygen atoms in total. The Labute approximate surface area is 416 Å². The van der Waals surface area contributed by atoms with Crippen LogP contribution < -0.4 is 21.0 Å². The number of halogens is 9. The Morgan fingerprint density at radius 1 is 0.725 bits per heavy atom. The van der Waals surface area contributed by atoms with Gasteiger partial charge in [0.2, 0.25) is 0 Å². The van der Waals surface area contributed by atoms with Crippen LogP contribution in [0.5, 0.6) is 11.5 Å². The topological polar surface area (TPSA) is 198 Å². The summed E-state index contributed by atoms with van der Waals surface area (Å²) in [4.78, 5) is 36.9. The Kier molecular flexibility index (Phi) is 20.3. The average molecular weight is 1090 g/mol. The van der Waals surface area contributed by atoms with Crippen LogP contribution in [0.2, 0.25) is 0 Å². The van der Waals surface area contributed by atoms with Gasteiger partial charge in [0, 0.05) is 37.0 Å². The molecule has 353 valence electrons. The molecule has 29 heteroatoms. The molecule has 0 fully saturated rings. The predicted octanol–water partition coefficient (Wildman–Crippen LogP) is 10.7.